The molecular formula is C10H20N2O2. The highest BCUT2D eigenvalue weighted by atomic mass is 16.6. The predicted octanol–water partition coefficient (Wildman–Crippen LogP) is 1.35. The fourth-order valence-electron chi connectivity index (χ4n) is 1.42. The second kappa shape index (κ2) is 4.64. The molecule has 0 aliphatic carbocycles. The van der Waals surface area contributed by atoms with E-state index in [4.69, 9.17) is 10.5 Å². The lowest BCUT2D eigenvalue weighted by Gasteiger charge is -2.30. The van der Waals surface area contributed by atoms with Crippen LogP contribution >= 0.6 is 0 Å². The molecule has 1 saturated heterocycles. The predicted molar refractivity (Wildman–Crippen MR) is 55.0 cm³/mol. The molecule has 0 radical (unpaired) electrons. The maximum absolute atomic E-state index is 11.6. The summed E-state index contributed by atoms with van der Waals surface area (Å²) < 4.78 is 5.29. The van der Waals surface area contributed by atoms with Gasteiger partial charge in [-0.2, -0.15) is 0 Å². The molecule has 1 aliphatic heterocycles. The standard InChI is InChI=1S/C10H20N2O2/c1-10(2,8-11)14-9(13)12-6-4-3-5-7-12/h3-8,11H2,1-2H3. The van der Waals surface area contributed by atoms with Crippen LogP contribution in [0.3, 0.4) is 0 Å². The normalized spacial score (nSPS) is 18.1. The summed E-state index contributed by atoms with van der Waals surface area (Å²) >= 11 is 0. The van der Waals surface area contributed by atoms with E-state index in [0.717, 1.165) is 25.9 Å². The van der Waals surface area contributed by atoms with Crippen LogP contribution in [-0.4, -0.2) is 36.2 Å². The molecule has 14 heavy (non-hydrogen) atoms. The third kappa shape index (κ3) is 3.18. The zero-order valence-corrected chi connectivity index (χ0v) is 9.08. The average Bonchev–Trinajstić information content (AvgIpc) is 2.19. The van der Waals surface area contributed by atoms with Crippen LogP contribution in [0.5, 0.6) is 0 Å². The van der Waals surface area contributed by atoms with E-state index >= 15 is 0 Å². The molecule has 1 amide bonds. The Morgan fingerprint density at radius 1 is 1.36 bits per heavy atom. The summed E-state index contributed by atoms with van der Waals surface area (Å²) in [4.78, 5) is 13.4. The van der Waals surface area contributed by atoms with Gasteiger partial charge in [-0.3, -0.25) is 0 Å². The number of carbonyl (C=O) groups excluding carboxylic acids is 1. The van der Waals surface area contributed by atoms with Gasteiger partial charge in [-0.15, -0.1) is 0 Å². The molecular weight excluding hydrogens is 180 g/mol. The van der Waals surface area contributed by atoms with Gasteiger partial charge in [0, 0.05) is 19.6 Å². The number of hydrogen-bond acceptors (Lipinski definition) is 3. The van der Waals surface area contributed by atoms with Crippen LogP contribution in [0.15, 0.2) is 0 Å². The molecule has 82 valence electrons. The van der Waals surface area contributed by atoms with Gasteiger partial charge in [0.25, 0.3) is 0 Å². The van der Waals surface area contributed by atoms with Crippen LogP contribution in [0.1, 0.15) is 33.1 Å². The highest BCUT2D eigenvalue weighted by molar-refractivity contribution is 5.68. The van der Waals surface area contributed by atoms with Crippen molar-refractivity contribution in [2.45, 2.75) is 38.7 Å². The summed E-state index contributed by atoms with van der Waals surface area (Å²) in [5.41, 5.74) is 4.94. The van der Waals surface area contributed by atoms with Crippen molar-refractivity contribution >= 4 is 6.09 Å². The number of nitrogens with zero attached hydrogens (tertiary/aromatic N) is 1. The molecule has 0 aromatic rings. The topological polar surface area (TPSA) is 55.6 Å². The Kier molecular flexibility index (Phi) is 3.75. The summed E-state index contributed by atoms with van der Waals surface area (Å²) in [7, 11) is 0. The Labute approximate surface area is 85.4 Å². The van der Waals surface area contributed by atoms with Crippen LogP contribution in [0.4, 0.5) is 4.79 Å². The summed E-state index contributed by atoms with van der Waals surface area (Å²) in [6.07, 6.45) is 3.15. The molecule has 0 aromatic carbocycles. The number of piperidine rings is 1. The summed E-state index contributed by atoms with van der Waals surface area (Å²) in [5, 5.41) is 0. The van der Waals surface area contributed by atoms with Crippen LogP contribution in [0, 0.1) is 0 Å². The summed E-state index contributed by atoms with van der Waals surface area (Å²) in [6, 6.07) is 0. The third-order valence-electron chi connectivity index (χ3n) is 2.47. The van der Waals surface area contributed by atoms with Gasteiger partial charge in [-0.05, 0) is 33.1 Å². The monoisotopic (exact) mass is 200 g/mol. The molecule has 0 saturated carbocycles. The van der Waals surface area contributed by atoms with Gasteiger partial charge in [0.2, 0.25) is 0 Å². The lowest BCUT2D eigenvalue weighted by atomic mass is 10.1. The van der Waals surface area contributed by atoms with Crippen molar-refractivity contribution in [3.05, 3.63) is 0 Å². The smallest absolute Gasteiger partial charge is 0.410 e. The van der Waals surface area contributed by atoms with E-state index in [0.29, 0.717) is 6.54 Å². The van der Waals surface area contributed by atoms with Crippen LogP contribution in [0.25, 0.3) is 0 Å². The van der Waals surface area contributed by atoms with Gasteiger partial charge < -0.3 is 15.4 Å². The van der Waals surface area contributed by atoms with E-state index in [1.807, 2.05) is 13.8 Å². The Balaban J connectivity index is 2.40. The van der Waals surface area contributed by atoms with E-state index in [9.17, 15) is 4.79 Å². The SMILES string of the molecule is CC(C)(CN)OC(=O)N1CCCCC1. The lowest BCUT2D eigenvalue weighted by molar-refractivity contribution is 0.0158. The quantitative estimate of drug-likeness (QED) is 0.732. The van der Waals surface area contributed by atoms with Crippen molar-refractivity contribution < 1.29 is 9.53 Å². The molecule has 1 fully saturated rings. The minimum absolute atomic E-state index is 0.222. The Morgan fingerprint density at radius 3 is 2.43 bits per heavy atom. The highest BCUT2D eigenvalue weighted by Gasteiger charge is 2.25. The molecule has 1 heterocycles. The molecule has 0 atom stereocenters. The third-order valence-corrected chi connectivity index (χ3v) is 2.47. The van der Waals surface area contributed by atoms with Gasteiger partial charge in [0.05, 0.1) is 0 Å². The van der Waals surface area contributed by atoms with Gasteiger partial charge in [0.1, 0.15) is 5.60 Å². The maximum Gasteiger partial charge on any atom is 0.410 e. The zero-order chi connectivity index (χ0) is 10.6. The van der Waals surface area contributed by atoms with E-state index < -0.39 is 5.60 Å². The van der Waals surface area contributed by atoms with Crippen LogP contribution < -0.4 is 5.73 Å². The summed E-state index contributed by atoms with van der Waals surface area (Å²) in [6.45, 7) is 5.65. The molecule has 0 unspecified atom stereocenters. The van der Waals surface area contributed by atoms with Gasteiger partial charge in [-0.1, -0.05) is 0 Å². The van der Waals surface area contributed by atoms with Gasteiger partial charge in [0.15, 0.2) is 0 Å². The molecule has 4 heteroatoms. The second-order valence-corrected chi connectivity index (χ2v) is 4.38. The highest BCUT2D eigenvalue weighted by Crippen LogP contribution is 2.14. The number of ether oxygens (including phenoxy) is 1. The average molecular weight is 200 g/mol. The largest absolute Gasteiger partial charge is 0.442 e. The number of rotatable bonds is 2. The van der Waals surface area contributed by atoms with Crippen molar-refractivity contribution in [1.82, 2.24) is 4.90 Å². The summed E-state index contributed by atoms with van der Waals surface area (Å²) in [5.74, 6) is 0. The van der Waals surface area contributed by atoms with E-state index in [1.54, 1.807) is 4.90 Å². The van der Waals surface area contributed by atoms with Crippen molar-refractivity contribution in [3.8, 4) is 0 Å². The molecule has 4 nitrogen and oxygen atoms in total. The number of hydrogen-bond donors (Lipinski definition) is 1. The minimum Gasteiger partial charge on any atom is -0.442 e. The number of likely N-dealkylation sites (tertiary alicyclic amines) is 1. The fraction of sp³-hybridized carbons (Fsp3) is 0.900. The number of amides is 1. The van der Waals surface area contributed by atoms with Crippen molar-refractivity contribution in [1.29, 1.82) is 0 Å². The first-order valence-corrected chi connectivity index (χ1v) is 5.23. The number of carbonyl (C=O) groups is 1. The van der Waals surface area contributed by atoms with Crippen LogP contribution in [-0.2, 0) is 4.74 Å². The fourth-order valence-corrected chi connectivity index (χ4v) is 1.42. The maximum atomic E-state index is 11.6. The Bertz CT molecular complexity index is 198. The van der Waals surface area contributed by atoms with Crippen molar-refractivity contribution in [2.75, 3.05) is 19.6 Å². The first-order valence-electron chi connectivity index (χ1n) is 5.23. The first kappa shape index (κ1) is 11.3. The van der Waals surface area contributed by atoms with Crippen molar-refractivity contribution in [2.24, 2.45) is 5.73 Å². The molecule has 2 N–H and O–H groups in total. The van der Waals surface area contributed by atoms with Gasteiger partial charge >= 0.3 is 6.09 Å². The van der Waals surface area contributed by atoms with Crippen LogP contribution in [0.2, 0.25) is 0 Å². The Hall–Kier alpha value is -0.770. The van der Waals surface area contributed by atoms with Gasteiger partial charge in [-0.25, -0.2) is 4.79 Å². The molecule has 1 rings (SSSR count). The first-order chi connectivity index (χ1) is 6.55. The molecule has 0 spiro atoms. The zero-order valence-electron chi connectivity index (χ0n) is 9.08. The van der Waals surface area contributed by atoms with E-state index in [-0.39, 0.29) is 6.09 Å². The second-order valence-electron chi connectivity index (χ2n) is 4.38. The van der Waals surface area contributed by atoms with E-state index in [1.165, 1.54) is 6.42 Å². The van der Waals surface area contributed by atoms with Crippen molar-refractivity contribution in [3.63, 3.8) is 0 Å². The minimum atomic E-state index is -0.547. The molecule has 1 aliphatic rings. The number of nitrogens with two attached hydrogens (primary N) is 1. The lowest BCUT2D eigenvalue weighted by Crippen LogP contribution is -2.43. The molecule has 0 bridgehead atoms. The molecule has 0 aromatic heterocycles. The Morgan fingerprint density at radius 2 is 1.93 bits per heavy atom. The van der Waals surface area contributed by atoms with E-state index in [2.05, 4.69) is 0 Å².